The van der Waals surface area contributed by atoms with Gasteiger partial charge in [-0.1, -0.05) is 71.8 Å². The molecule has 2 N–H and O–H groups in total. The van der Waals surface area contributed by atoms with Crippen molar-refractivity contribution >= 4 is 11.9 Å². The third-order valence-corrected chi connectivity index (χ3v) is 3.23. The molecule has 0 heterocycles. The maximum absolute atomic E-state index is 10.3. The van der Waals surface area contributed by atoms with Crippen LogP contribution in [0.15, 0.2) is 12.7 Å². The summed E-state index contributed by atoms with van der Waals surface area (Å²) in [7, 11) is 0. The maximum atomic E-state index is 10.3. The number of aliphatic carboxylic acids is 1. The van der Waals surface area contributed by atoms with Gasteiger partial charge in [0, 0.05) is 13.0 Å². The lowest BCUT2D eigenvalue weighted by Crippen LogP contribution is -2.20. The first-order valence-electron chi connectivity index (χ1n) is 8.70. The monoisotopic (exact) mass is 313 g/mol. The van der Waals surface area contributed by atoms with E-state index in [4.69, 9.17) is 5.11 Å². The molecule has 1 amide bonds. The Hall–Kier alpha value is -1.32. The molecule has 0 rings (SSSR count). The summed E-state index contributed by atoms with van der Waals surface area (Å²) >= 11 is 0. The predicted octanol–water partition coefficient (Wildman–Crippen LogP) is 4.69. The molecule has 22 heavy (non-hydrogen) atoms. The molecular formula is C18H35NO3. The Labute approximate surface area is 136 Å². The molecule has 0 bridgehead atoms. The third kappa shape index (κ3) is 23.7. The zero-order chi connectivity index (χ0) is 17.1. The van der Waals surface area contributed by atoms with Crippen molar-refractivity contribution in [3.63, 3.8) is 0 Å². The van der Waals surface area contributed by atoms with E-state index >= 15 is 0 Å². The largest absolute Gasteiger partial charge is 0.481 e. The van der Waals surface area contributed by atoms with Crippen LogP contribution in [0.3, 0.4) is 0 Å². The molecule has 0 aliphatic carbocycles. The number of carbonyl (C=O) groups is 2. The van der Waals surface area contributed by atoms with E-state index in [-0.39, 0.29) is 5.91 Å². The van der Waals surface area contributed by atoms with E-state index in [1.54, 1.807) is 0 Å². The van der Waals surface area contributed by atoms with Gasteiger partial charge in [0.25, 0.3) is 0 Å². The minimum atomic E-state index is -0.659. The Morgan fingerprint density at radius 2 is 1.41 bits per heavy atom. The van der Waals surface area contributed by atoms with Gasteiger partial charge in [-0.2, -0.15) is 0 Å². The molecule has 0 aromatic rings. The first-order chi connectivity index (χ1) is 10.6. The number of rotatable bonds is 13. The van der Waals surface area contributed by atoms with Crippen LogP contribution in [-0.2, 0) is 9.59 Å². The van der Waals surface area contributed by atoms with Gasteiger partial charge < -0.3 is 10.4 Å². The van der Waals surface area contributed by atoms with Crippen LogP contribution in [0.1, 0.15) is 84.5 Å². The van der Waals surface area contributed by atoms with Crippen molar-refractivity contribution in [2.24, 2.45) is 0 Å². The van der Waals surface area contributed by atoms with Crippen molar-refractivity contribution in [2.45, 2.75) is 84.5 Å². The molecule has 0 fully saturated rings. The van der Waals surface area contributed by atoms with Gasteiger partial charge in [-0.15, -0.1) is 0 Å². The highest BCUT2D eigenvalue weighted by Crippen LogP contribution is 2.10. The predicted molar refractivity (Wildman–Crippen MR) is 93.0 cm³/mol. The van der Waals surface area contributed by atoms with E-state index < -0.39 is 5.97 Å². The lowest BCUT2D eigenvalue weighted by atomic mass is 10.1. The van der Waals surface area contributed by atoms with Crippen LogP contribution in [0.25, 0.3) is 0 Å². The number of hydrogen-bond acceptors (Lipinski definition) is 2. The fourth-order valence-corrected chi connectivity index (χ4v) is 1.91. The van der Waals surface area contributed by atoms with Gasteiger partial charge in [-0.3, -0.25) is 9.59 Å². The molecule has 0 aromatic carbocycles. The number of amides is 1. The zero-order valence-electron chi connectivity index (χ0n) is 14.5. The fraction of sp³-hybridized carbons (Fsp3) is 0.778. The smallest absolute Gasteiger partial charge is 0.303 e. The highest BCUT2D eigenvalue weighted by molar-refractivity contribution is 5.86. The summed E-state index contributed by atoms with van der Waals surface area (Å²) in [6, 6.07) is 0. The van der Waals surface area contributed by atoms with Gasteiger partial charge in [0.2, 0.25) is 5.91 Å². The van der Waals surface area contributed by atoms with Gasteiger partial charge >= 0.3 is 5.97 Å². The topological polar surface area (TPSA) is 66.4 Å². The quantitative estimate of drug-likeness (QED) is 0.383. The first-order valence-corrected chi connectivity index (χ1v) is 8.70. The number of carbonyl (C=O) groups excluding carboxylic acids is 1. The number of carboxylic acids is 1. The maximum Gasteiger partial charge on any atom is 0.303 e. The van der Waals surface area contributed by atoms with Gasteiger partial charge in [-0.05, 0) is 18.9 Å². The average molecular weight is 313 g/mol. The van der Waals surface area contributed by atoms with Crippen LogP contribution in [0.4, 0.5) is 0 Å². The minimum absolute atomic E-state index is 0.0909. The van der Waals surface area contributed by atoms with Gasteiger partial charge in [-0.25, -0.2) is 0 Å². The van der Waals surface area contributed by atoms with Gasteiger partial charge in [0.15, 0.2) is 0 Å². The molecule has 0 unspecified atom stereocenters. The van der Waals surface area contributed by atoms with E-state index in [1.807, 2.05) is 6.92 Å². The summed E-state index contributed by atoms with van der Waals surface area (Å²) in [5.41, 5.74) is 0. The Kier molecular flexibility index (Phi) is 20.5. The second kappa shape index (κ2) is 19.7. The van der Waals surface area contributed by atoms with Crippen molar-refractivity contribution in [2.75, 3.05) is 6.54 Å². The molecular weight excluding hydrogens is 278 g/mol. The van der Waals surface area contributed by atoms with E-state index in [1.165, 1.54) is 51.0 Å². The summed E-state index contributed by atoms with van der Waals surface area (Å²) < 4.78 is 0. The Balaban J connectivity index is 0. The Bertz CT molecular complexity index is 278. The van der Waals surface area contributed by atoms with Crippen molar-refractivity contribution in [3.05, 3.63) is 12.7 Å². The first kappa shape index (κ1) is 23.0. The van der Waals surface area contributed by atoms with Crippen molar-refractivity contribution in [3.8, 4) is 0 Å². The summed E-state index contributed by atoms with van der Waals surface area (Å²) in [6.07, 6.45) is 13.7. The molecule has 130 valence electrons. The number of unbranched alkanes of at least 4 members (excludes halogenated alkanes) is 8. The van der Waals surface area contributed by atoms with Gasteiger partial charge in [0.1, 0.15) is 0 Å². The molecule has 0 radical (unpaired) electrons. The summed E-state index contributed by atoms with van der Waals surface area (Å²) in [5.74, 6) is -0.750. The standard InChI is InChI=1S/C12H24O2.C6H11NO/c1-2-3-4-5-6-7-8-9-10-11-12(13)14;1-3-5-7-6(8)4-2/h2-11H2,1H3,(H,13,14);4H,2-3,5H2,1H3,(H,7,8). The second-order valence-corrected chi connectivity index (χ2v) is 5.47. The number of hydrogen-bond donors (Lipinski definition) is 2. The Morgan fingerprint density at radius 3 is 1.82 bits per heavy atom. The summed E-state index contributed by atoms with van der Waals surface area (Å²) in [4.78, 5) is 20.5. The van der Waals surface area contributed by atoms with Crippen LogP contribution in [0, 0.1) is 0 Å². The lowest BCUT2D eigenvalue weighted by Gasteiger charge is -2.00. The minimum Gasteiger partial charge on any atom is -0.481 e. The van der Waals surface area contributed by atoms with Crippen molar-refractivity contribution in [1.82, 2.24) is 5.32 Å². The SMILES string of the molecule is C=CC(=O)NCCC.CCCCCCCCCCCC(=O)O. The molecule has 0 atom stereocenters. The van der Waals surface area contributed by atoms with E-state index in [2.05, 4.69) is 18.8 Å². The van der Waals surface area contributed by atoms with E-state index in [9.17, 15) is 9.59 Å². The van der Waals surface area contributed by atoms with E-state index in [0.29, 0.717) is 6.42 Å². The van der Waals surface area contributed by atoms with Crippen LogP contribution in [0.2, 0.25) is 0 Å². The molecule has 4 nitrogen and oxygen atoms in total. The lowest BCUT2D eigenvalue weighted by molar-refractivity contribution is -0.137. The van der Waals surface area contributed by atoms with Crippen LogP contribution >= 0.6 is 0 Å². The number of carboxylic acid groups (broad SMARTS) is 1. The second-order valence-electron chi connectivity index (χ2n) is 5.47. The zero-order valence-corrected chi connectivity index (χ0v) is 14.5. The Morgan fingerprint density at radius 1 is 0.909 bits per heavy atom. The molecule has 0 aliphatic heterocycles. The van der Waals surface area contributed by atoms with Crippen LogP contribution < -0.4 is 5.32 Å². The number of nitrogens with one attached hydrogen (secondary N) is 1. The van der Waals surface area contributed by atoms with Crippen LogP contribution in [0.5, 0.6) is 0 Å². The average Bonchev–Trinajstić information content (AvgIpc) is 2.51. The molecule has 0 spiro atoms. The third-order valence-electron chi connectivity index (χ3n) is 3.23. The van der Waals surface area contributed by atoms with Crippen molar-refractivity contribution < 1.29 is 14.7 Å². The fourth-order valence-electron chi connectivity index (χ4n) is 1.91. The van der Waals surface area contributed by atoms with E-state index in [0.717, 1.165) is 25.8 Å². The summed E-state index contributed by atoms with van der Waals surface area (Å²) in [5, 5.41) is 11.0. The molecule has 0 aromatic heterocycles. The highest BCUT2D eigenvalue weighted by Gasteiger charge is 1.96. The molecule has 0 saturated carbocycles. The molecule has 0 aliphatic rings. The van der Waals surface area contributed by atoms with Crippen LogP contribution in [-0.4, -0.2) is 23.5 Å². The normalized spacial score (nSPS) is 9.55. The summed E-state index contributed by atoms with van der Waals surface area (Å²) in [6.45, 7) is 8.27. The van der Waals surface area contributed by atoms with Gasteiger partial charge in [0.05, 0.1) is 0 Å². The highest BCUT2D eigenvalue weighted by atomic mass is 16.4. The molecule has 0 saturated heterocycles. The molecule has 4 heteroatoms. The van der Waals surface area contributed by atoms with Crippen molar-refractivity contribution in [1.29, 1.82) is 0 Å².